The standard InChI is InChI=1S/C13H15F2NO2S/c14-7-11-10(9-3-1-2-4-9)5-6-13(12(11)8-15)19(16,17)18/h3,5-6H,1-2,4,7-8H2,(H2,16,17,18). The van der Waals surface area contributed by atoms with E-state index in [0.717, 1.165) is 24.8 Å². The number of hydrogen-bond donors (Lipinski definition) is 1. The predicted molar refractivity (Wildman–Crippen MR) is 69.3 cm³/mol. The summed E-state index contributed by atoms with van der Waals surface area (Å²) < 4.78 is 49.1. The van der Waals surface area contributed by atoms with Gasteiger partial charge < -0.3 is 0 Å². The topological polar surface area (TPSA) is 60.2 Å². The van der Waals surface area contributed by atoms with Crippen LogP contribution in [0, 0.1) is 0 Å². The van der Waals surface area contributed by atoms with Crippen LogP contribution in [0.5, 0.6) is 0 Å². The molecule has 1 aliphatic carbocycles. The molecule has 0 unspecified atom stereocenters. The molecule has 1 aliphatic rings. The summed E-state index contributed by atoms with van der Waals surface area (Å²) in [5.41, 5.74) is 1.49. The summed E-state index contributed by atoms with van der Waals surface area (Å²) in [5, 5.41) is 5.03. The molecule has 104 valence electrons. The van der Waals surface area contributed by atoms with Crippen molar-refractivity contribution in [2.24, 2.45) is 5.14 Å². The van der Waals surface area contributed by atoms with Gasteiger partial charge in [0.1, 0.15) is 13.3 Å². The van der Waals surface area contributed by atoms with E-state index >= 15 is 0 Å². The first-order valence-electron chi connectivity index (χ1n) is 5.98. The minimum Gasteiger partial charge on any atom is -0.246 e. The van der Waals surface area contributed by atoms with E-state index in [1.807, 2.05) is 6.08 Å². The average molecular weight is 287 g/mol. The van der Waals surface area contributed by atoms with Crippen molar-refractivity contribution in [3.8, 4) is 0 Å². The predicted octanol–water partition coefficient (Wildman–Crippen LogP) is 2.84. The second-order valence-corrected chi connectivity index (χ2v) is 6.03. The second-order valence-electron chi connectivity index (χ2n) is 4.50. The Morgan fingerprint density at radius 2 is 1.84 bits per heavy atom. The van der Waals surface area contributed by atoms with Crippen LogP contribution in [0.4, 0.5) is 8.78 Å². The zero-order valence-electron chi connectivity index (χ0n) is 10.3. The molecule has 0 aromatic heterocycles. The van der Waals surface area contributed by atoms with Crippen LogP contribution >= 0.6 is 0 Å². The summed E-state index contributed by atoms with van der Waals surface area (Å²) in [5.74, 6) is 0. The molecular formula is C13H15F2NO2S. The van der Waals surface area contributed by atoms with Gasteiger partial charge in [-0.25, -0.2) is 22.3 Å². The van der Waals surface area contributed by atoms with Crippen LogP contribution in [0.15, 0.2) is 23.1 Å². The van der Waals surface area contributed by atoms with E-state index in [9.17, 15) is 17.2 Å². The Labute approximate surface area is 111 Å². The molecule has 0 amide bonds. The molecule has 0 saturated carbocycles. The monoisotopic (exact) mass is 287 g/mol. The van der Waals surface area contributed by atoms with E-state index in [2.05, 4.69) is 0 Å². The number of alkyl halides is 2. The summed E-state index contributed by atoms with van der Waals surface area (Å²) in [6, 6.07) is 2.78. The third-order valence-corrected chi connectivity index (χ3v) is 4.34. The van der Waals surface area contributed by atoms with Crippen molar-refractivity contribution in [1.29, 1.82) is 0 Å². The van der Waals surface area contributed by atoms with Crippen molar-refractivity contribution in [1.82, 2.24) is 0 Å². The molecule has 1 aromatic carbocycles. The summed E-state index contributed by atoms with van der Waals surface area (Å²) in [6.07, 6.45) is 4.66. The molecule has 0 bridgehead atoms. The van der Waals surface area contributed by atoms with Gasteiger partial charge in [0.25, 0.3) is 0 Å². The number of sulfonamides is 1. The Hall–Kier alpha value is -1.27. The van der Waals surface area contributed by atoms with Gasteiger partial charge in [-0.3, -0.25) is 0 Å². The third-order valence-electron chi connectivity index (χ3n) is 3.35. The molecule has 0 spiro atoms. The first-order valence-corrected chi connectivity index (χ1v) is 7.52. The van der Waals surface area contributed by atoms with Crippen LogP contribution in [0.1, 0.15) is 36.0 Å². The van der Waals surface area contributed by atoms with Crippen LogP contribution in [0.25, 0.3) is 5.57 Å². The summed E-state index contributed by atoms with van der Waals surface area (Å²) in [6.45, 7) is -1.96. The van der Waals surface area contributed by atoms with E-state index in [1.165, 1.54) is 12.1 Å². The molecule has 0 atom stereocenters. The van der Waals surface area contributed by atoms with Crippen LogP contribution in [-0.2, 0) is 23.4 Å². The maximum Gasteiger partial charge on any atom is 0.238 e. The first kappa shape index (κ1) is 14.1. The van der Waals surface area contributed by atoms with Crippen molar-refractivity contribution in [3.05, 3.63) is 34.9 Å². The van der Waals surface area contributed by atoms with Gasteiger partial charge in [-0.15, -0.1) is 0 Å². The van der Waals surface area contributed by atoms with Crippen LogP contribution < -0.4 is 5.14 Å². The Morgan fingerprint density at radius 1 is 1.16 bits per heavy atom. The van der Waals surface area contributed by atoms with Crippen molar-refractivity contribution in [3.63, 3.8) is 0 Å². The fourth-order valence-corrected chi connectivity index (χ4v) is 3.23. The highest BCUT2D eigenvalue weighted by molar-refractivity contribution is 7.89. The fourth-order valence-electron chi connectivity index (χ4n) is 2.45. The lowest BCUT2D eigenvalue weighted by Crippen LogP contribution is -2.16. The third kappa shape index (κ3) is 2.69. The number of benzene rings is 1. The highest BCUT2D eigenvalue weighted by Crippen LogP contribution is 2.34. The Bertz CT molecular complexity index is 624. The van der Waals surface area contributed by atoms with Crippen molar-refractivity contribution < 1.29 is 17.2 Å². The highest BCUT2D eigenvalue weighted by atomic mass is 32.2. The van der Waals surface area contributed by atoms with Gasteiger partial charge in [0.05, 0.1) is 4.90 Å². The Balaban J connectivity index is 2.66. The molecule has 3 nitrogen and oxygen atoms in total. The molecule has 6 heteroatoms. The molecule has 0 radical (unpaired) electrons. The smallest absolute Gasteiger partial charge is 0.238 e. The number of halogens is 2. The van der Waals surface area contributed by atoms with Crippen LogP contribution in [0.3, 0.4) is 0 Å². The molecular weight excluding hydrogens is 272 g/mol. The van der Waals surface area contributed by atoms with E-state index in [0.29, 0.717) is 5.56 Å². The van der Waals surface area contributed by atoms with Gasteiger partial charge in [-0.05, 0) is 42.0 Å². The lowest BCUT2D eigenvalue weighted by Gasteiger charge is -2.14. The zero-order valence-corrected chi connectivity index (χ0v) is 11.1. The van der Waals surface area contributed by atoms with E-state index < -0.39 is 23.4 Å². The number of rotatable bonds is 4. The van der Waals surface area contributed by atoms with Gasteiger partial charge in [-0.2, -0.15) is 0 Å². The van der Waals surface area contributed by atoms with E-state index in [-0.39, 0.29) is 16.0 Å². The normalized spacial score (nSPS) is 15.6. The first-order chi connectivity index (χ1) is 8.99. The molecule has 0 fully saturated rings. The largest absolute Gasteiger partial charge is 0.246 e. The minimum absolute atomic E-state index is 0.0992. The number of nitrogens with two attached hydrogens (primary N) is 1. The molecule has 1 aromatic rings. The minimum atomic E-state index is -4.04. The fraction of sp³-hybridized carbons (Fsp3) is 0.385. The van der Waals surface area contributed by atoms with Gasteiger partial charge >= 0.3 is 0 Å². The van der Waals surface area contributed by atoms with Gasteiger partial charge in [0.15, 0.2) is 0 Å². The number of hydrogen-bond acceptors (Lipinski definition) is 2. The van der Waals surface area contributed by atoms with Crippen molar-refractivity contribution in [2.45, 2.75) is 37.5 Å². The maximum absolute atomic E-state index is 13.2. The van der Waals surface area contributed by atoms with Crippen molar-refractivity contribution in [2.75, 3.05) is 0 Å². The van der Waals surface area contributed by atoms with Gasteiger partial charge in [0, 0.05) is 5.56 Å². The molecule has 0 heterocycles. The molecule has 0 saturated heterocycles. The zero-order chi connectivity index (χ0) is 14.0. The lowest BCUT2D eigenvalue weighted by molar-refractivity contribution is 0.448. The number of allylic oxidation sites excluding steroid dienone is 2. The molecule has 19 heavy (non-hydrogen) atoms. The number of primary sulfonamides is 1. The Kier molecular flexibility index (Phi) is 4.01. The highest BCUT2D eigenvalue weighted by Gasteiger charge is 2.22. The van der Waals surface area contributed by atoms with E-state index in [4.69, 9.17) is 5.14 Å². The second kappa shape index (κ2) is 5.38. The Morgan fingerprint density at radius 3 is 2.32 bits per heavy atom. The van der Waals surface area contributed by atoms with Crippen molar-refractivity contribution >= 4 is 15.6 Å². The van der Waals surface area contributed by atoms with Crippen LogP contribution in [0.2, 0.25) is 0 Å². The van der Waals surface area contributed by atoms with E-state index in [1.54, 1.807) is 0 Å². The molecule has 0 aliphatic heterocycles. The summed E-state index contributed by atoms with van der Waals surface area (Å²) in [7, 11) is -4.04. The average Bonchev–Trinajstić information content (AvgIpc) is 2.89. The SMILES string of the molecule is NS(=O)(=O)c1ccc(C2=CCCC2)c(CF)c1CF. The summed E-state index contributed by atoms with van der Waals surface area (Å²) in [4.78, 5) is -0.329. The van der Waals surface area contributed by atoms with Gasteiger partial charge in [0.2, 0.25) is 10.0 Å². The molecule has 2 rings (SSSR count). The maximum atomic E-state index is 13.2. The van der Waals surface area contributed by atoms with Crippen LogP contribution in [-0.4, -0.2) is 8.42 Å². The quantitative estimate of drug-likeness (QED) is 0.925. The van der Waals surface area contributed by atoms with Gasteiger partial charge in [-0.1, -0.05) is 12.1 Å². The summed E-state index contributed by atoms with van der Waals surface area (Å²) >= 11 is 0. The lowest BCUT2D eigenvalue weighted by atomic mass is 9.96. The molecule has 2 N–H and O–H groups in total.